The van der Waals surface area contributed by atoms with Crippen LogP contribution in [0.5, 0.6) is 0 Å². The van der Waals surface area contributed by atoms with E-state index >= 15 is 0 Å². The highest BCUT2D eigenvalue weighted by atomic mass is 79.9. The fourth-order valence-electron chi connectivity index (χ4n) is 1.78. The third-order valence-electron chi connectivity index (χ3n) is 2.84. The standard InChI is InChI=1S/C15H15BrN2O/c1-18(10-11-2-8-14(17)9-3-11)15(19)12-4-6-13(16)7-5-12/h2-9H,10,17H2,1H3. The molecular formula is C15H15BrN2O. The number of rotatable bonds is 3. The van der Waals surface area contributed by atoms with Crippen molar-refractivity contribution < 1.29 is 4.79 Å². The normalized spacial score (nSPS) is 10.2. The zero-order valence-corrected chi connectivity index (χ0v) is 12.2. The van der Waals surface area contributed by atoms with E-state index in [2.05, 4.69) is 15.9 Å². The Morgan fingerprint density at radius 1 is 1.11 bits per heavy atom. The van der Waals surface area contributed by atoms with Gasteiger partial charge in [-0.05, 0) is 42.0 Å². The van der Waals surface area contributed by atoms with Crippen molar-refractivity contribution in [3.63, 3.8) is 0 Å². The number of carbonyl (C=O) groups is 1. The maximum atomic E-state index is 12.2. The maximum Gasteiger partial charge on any atom is 0.253 e. The molecule has 0 unspecified atom stereocenters. The Balaban J connectivity index is 2.07. The molecule has 0 saturated heterocycles. The van der Waals surface area contributed by atoms with Gasteiger partial charge in [0.2, 0.25) is 0 Å². The summed E-state index contributed by atoms with van der Waals surface area (Å²) in [6.45, 7) is 0.565. The summed E-state index contributed by atoms with van der Waals surface area (Å²) in [5.41, 5.74) is 8.10. The Morgan fingerprint density at radius 2 is 1.68 bits per heavy atom. The Labute approximate surface area is 121 Å². The number of amides is 1. The largest absolute Gasteiger partial charge is 0.399 e. The molecule has 0 atom stereocenters. The average molecular weight is 319 g/mol. The summed E-state index contributed by atoms with van der Waals surface area (Å²) in [5.74, 6) is 0.00400. The number of anilines is 1. The first-order valence-electron chi connectivity index (χ1n) is 5.92. The number of nitrogens with two attached hydrogens (primary N) is 1. The van der Waals surface area contributed by atoms with E-state index in [4.69, 9.17) is 5.73 Å². The Morgan fingerprint density at radius 3 is 2.26 bits per heavy atom. The highest BCUT2D eigenvalue weighted by molar-refractivity contribution is 9.10. The van der Waals surface area contributed by atoms with Gasteiger partial charge in [0.1, 0.15) is 0 Å². The second-order valence-corrected chi connectivity index (χ2v) is 5.33. The van der Waals surface area contributed by atoms with Crippen LogP contribution in [0.3, 0.4) is 0 Å². The van der Waals surface area contributed by atoms with E-state index in [1.165, 1.54) is 0 Å². The molecule has 0 bridgehead atoms. The van der Waals surface area contributed by atoms with Crippen LogP contribution in [0, 0.1) is 0 Å². The monoisotopic (exact) mass is 318 g/mol. The van der Waals surface area contributed by atoms with Crippen molar-refractivity contribution in [2.75, 3.05) is 12.8 Å². The second-order valence-electron chi connectivity index (χ2n) is 4.41. The summed E-state index contributed by atoms with van der Waals surface area (Å²) >= 11 is 3.36. The lowest BCUT2D eigenvalue weighted by molar-refractivity contribution is 0.0785. The number of carbonyl (C=O) groups excluding carboxylic acids is 1. The Hall–Kier alpha value is -1.81. The first-order valence-corrected chi connectivity index (χ1v) is 6.71. The summed E-state index contributed by atoms with van der Waals surface area (Å²) in [4.78, 5) is 13.9. The van der Waals surface area contributed by atoms with Gasteiger partial charge in [-0.2, -0.15) is 0 Å². The van der Waals surface area contributed by atoms with Crippen LogP contribution >= 0.6 is 15.9 Å². The lowest BCUT2D eigenvalue weighted by Crippen LogP contribution is -2.26. The molecule has 2 N–H and O–H groups in total. The van der Waals surface area contributed by atoms with E-state index in [0.717, 1.165) is 15.7 Å². The van der Waals surface area contributed by atoms with Gasteiger partial charge in [0.25, 0.3) is 5.91 Å². The van der Waals surface area contributed by atoms with E-state index in [1.54, 1.807) is 11.9 Å². The smallest absolute Gasteiger partial charge is 0.253 e. The molecular weight excluding hydrogens is 304 g/mol. The molecule has 19 heavy (non-hydrogen) atoms. The van der Waals surface area contributed by atoms with Gasteiger partial charge in [-0.15, -0.1) is 0 Å². The maximum absolute atomic E-state index is 12.2. The quantitative estimate of drug-likeness (QED) is 0.882. The molecule has 0 heterocycles. The summed E-state index contributed by atoms with van der Waals surface area (Å²) in [6.07, 6.45) is 0. The molecule has 98 valence electrons. The van der Waals surface area contributed by atoms with Crippen LogP contribution in [0.25, 0.3) is 0 Å². The van der Waals surface area contributed by atoms with Crippen molar-refractivity contribution in [2.45, 2.75) is 6.54 Å². The lowest BCUT2D eigenvalue weighted by Gasteiger charge is -2.17. The van der Waals surface area contributed by atoms with Crippen LogP contribution in [0.15, 0.2) is 53.0 Å². The Kier molecular flexibility index (Phi) is 4.22. The van der Waals surface area contributed by atoms with Crippen LogP contribution < -0.4 is 5.73 Å². The van der Waals surface area contributed by atoms with Gasteiger partial charge in [0.05, 0.1) is 0 Å². The number of benzene rings is 2. The predicted molar refractivity (Wildman–Crippen MR) is 80.8 cm³/mol. The van der Waals surface area contributed by atoms with Crippen LogP contribution in [0.4, 0.5) is 5.69 Å². The average Bonchev–Trinajstić information content (AvgIpc) is 2.41. The molecule has 0 spiro atoms. The van der Waals surface area contributed by atoms with Gasteiger partial charge >= 0.3 is 0 Å². The third kappa shape index (κ3) is 3.58. The van der Waals surface area contributed by atoms with Gasteiger partial charge < -0.3 is 10.6 Å². The number of nitrogens with zero attached hydrogens (tertiary/aromatic N) is 1. The molecule has 0 saturated carbocycles. The van der Waals surface area contributed by atoms with Crippen LogP contribution in [0.1, 0.15) is 15.9 Å². The first-order chi connectivity index (χ1) is 9.06. The molecule has 0 aliphatic carbocycles. The molecule has 2 aromatic carbocycles. The summed E-state index contributed by atoms with van der Waals surface area (Å²) in [7, 11) is 1.79. The molecule has 2 rings (SSSR count). The molecule has 2 aromatic rings. The van der Waals surface area contributed by atoms with Crippen molar-refractivity contribution in [3.05, 3.63) is 64.1 Å². The molecule has 1 amide bonds. The van der Waals surface area contributed by atoms with Crippen LogP contribution in [0.2, 0.25) is 0 Å². The summed E-state index contributed by atoms with van der Waals surface area (Å²) in [6, 6.07) is 14.9. The summed E-state index contributed by atoms with van der Waals surface area (Å²) < 4.78 is 0.963. The zero-order chi connectivity index (χ0) is 13.8. The second kappa shape index (κ2) is 5.89. The molecule has 0 aliphatic rings. The van der Waals surface area contributed by atoms with Crippen LogP contribution in [-0.2, 0) is 6.54 Å². The highest BCUT2D eigenvalue weighted by Gasteiger charge is 2.11. The van der Waals surface area contributed by atoms with E-state index < -0.39 is 0 Å². The van der Waals surface area contributed by atoms with E-state index in [9.17, 15) is 4.79 Å². The molecule has 0 aliphatic heterocycles. The topological polar surface area (TPSA) is 46.3 Å². The minimum absolute atomic E-state index is 0.00400. The van der Waals surface area contributed by atoms with E-state index in [1.807, 2.05) is 48.5 Å². The van der Waals surface area contributed by atoms with Crippen molar-refractivity contribution in [3.8, 4) is 0 Å². The highest BCUT2D eigenvalue weighted by Crippen LogP contribution is 2.14. The van der Waals surface area contributed by atoms with Crippen molar-refractivity contribution in [1.82, 2.24) is 4.90 Å². The third-order valence-corrected chi connectivity index (χ3v) is 3.37. The SMILES string of the molecule is CN(Cc1ccc(N)cc1)C(=O)c1ccc(Br)cc1. The van der Waals surface area contributed by atoms with Gasteiger partial charge in [0, 0.05) is 29.3 Å². The zero-order valence-electron chi connectivity index (χ0n) is 10.6. The molecule has 4 heteroatoms. The lowest BCUT2D eigenvalue weighted by atomic mass is 10.1. The van der Waals surface area contributed by atoms with Crippen LogP contribution in [-0.4, -0.2) is 17.9 Å². The minimum Gasteiger partial charge on any atom is -0.399 e. The van der Waals surface area contributed by atoms with E-state index in [-0.39, 0.29) is 5.91 Å². The fourth-order valence-corrected chi connectivity index (χ4v) is 2.05. The minimum atomic E-state index is 0.00400. The van der Waals surface area contributed by atoms with Gasteiger partial charge in [-0.1, -0.05) is 28.1 Å². The van der Waals surface area contributed by atoms with Crippen molar-refractivity contribution in [2.24, 2.45) is 0 Å². The number of hydrogen-bond acceptors (Lipinski definition) is 2. The number of nitrogen functional groups attached to an aromatic ring is 1. The van der Waals surface area contributed by atoms with E-state index in [0.29, 0.717) is 12.1 Å². The number of hydrogen-bond donors (Lipinski definition) is 1. The molecule has 0 aromatic heterocycles. The molecule has 0 fully saturated rings. The predicted octanol–water partition coefficient (Wildman–Crippen LogP) is 3.30. The van der Waals surface area contributed by atoms with Gasteiger partial charge in [0.15, 0.2) is 0 Å². The van der Waals surface area contributed by atoms with Gasteiger partial charge in [-0.25, -0.2) is 0 Å². The molecule has 3 nitrogen and oxygen atoms in total. The molecule has 0 radical (unpaired) electrons. The van der Waals surface area contributed by atoms with Gasteiger partial charge in [-0.3, -0.25) is 4.79 Å². The Bertz CT molecular complexity index is 564. The van der Waals surface area contributed by atoms with Crippen molar-refractivity contribution in [1.29, 1.82) is 0 Å². The van der Waals surface area contributed by atoms with Crippen molar-refractivity contribution >= 4 is 27.5 Å². The fraction of sp³-hybridized carbons (Fsp3) is 0.133. The summed E-state index contributed by atoms with van der Waals surface area (Å²) in [5, 5.41) is 0. The number of halogens is 1. The first kappa shape index (κ1) is 13.6.